The van der Waals surface area contributed by atoms with E-state index in [1.54, 1.807) is 11.3 Å². The topological polar surface area (TPSA) is 39.7 Å². The monoisotopic (exact) mass is 330 g/mol. The fourth-order valence-electron chi connectivity index (χ4n) is 2.32. The van der Waals surface area contributed by atoms with Crippen LogP contribution in [0.25, 0.3) is 0 Å². The highest BCUT2D eigenvalue weighted by Gasteiger charge is 2.02. The second-order valence-corrected chi connectivity index (χ2v) is 6.51. The third-order valence-electron chi connectivity index (χ3n) is 3.55. The third-order valence-corrected chi connectivity index (χ3v) is 4.49. The normalized spacial score (nSPS) is 11.7. The van der Waals surface area contributed by atoms with Gasteiger partial charge in [-0.05, 0) is 30.5 Å². The first-order chi connectivity index (χ1) is 11.3. The number of benzene rings is 1. The molecular formula is C18H26N4S. The summed E-state index contributed by atoms with van der Waals surface area (Å²) in [5.74, 6) is 0.870. The van der Waals surface area contributed by atoms with E-state index < -0.39 is 0 Å². The summed E-state index contributed by atoms with van der Waals surface area (Å²) in [6, 6.07) is 14.8. The molecule has 4 nitrogen and oxygen atoms in total. The van der Waals surface area contributed by atoms with Gasteiger partial charge in [-0.3, -0.25) is 4.99 Å². The molecule has 1 aromatic carbocycles. The van der Waals surface area contributed by atoms with Crippen molar-refractivity contribution in [2.75, 3.05) is 33.7 Å². The van der Waals surface area contributed by atoms with Gasteiger partial charge in [0.1, 0.15) is 0 Å². The Hall–Kier alpha value is -1.85. The first-order valence-electron chi connectivity index (χ1n) is 7.97. The molecule has 1 heterocycles. The summed E-state index contributed by atoms with van der Waals surface area (Å²) < 4.78 is 0. The number of likely N-dealkylation sites (N-methyl/N-ethyl adjacent to an activating group) is 1. The lowest BCUT2D eigenvalue weighted by Crippen LogP contribution is -2.41. The van der Waals surface area contributed by atoms with Crippen LogP contribution in [0, 0.1) is 0 Å². The van der Waals surface area contributed by atoms with E-state index in [1.807, 2.05) is 7.05 Å². The van der Waals surface area contributed by atoms with E-state index in [0.717, 1.165) is 38.6 Å². The van der Waals surface area contributed by atoms with E-state index in [4.69, 9.17) is 0 Å². The number of rotatable bonds is 8. The minimum atomic E-state index is 0.870. The van der Waals surface area contributed by atoms with Gasteiger partial charge in [-0.25, -0.2) is 0 Å². The van der Waals surface area contributed by atoms with Crippen molar-refractivity contribution in [1.82, 2.24) is 15.5 Å². The molecule has 0 aliphatic carbocycles. The maximum absolute atomic E-state index is 4.27. The first kappa shape index (κ1) is 17.5. The summed E-state index contributed by atoms with van der Waals surface area (Å²) >= 11 is 1.80. The number of thiophene rings is 1. The molecule has 0 unspecified atom stereocenters. The Morgan fingerprint density at radius 1 is 1.09 bits per heavy atom. The summed E-state index contributed by atoms with van der Waals surface area (Å²) in [4.78, 5) is 7.97. The zero-order valence-corrected chi connectivity index (χ0v) is 14.8. The van der Waals surface area contributed by atoms with Crippen LogP contribution >= 0.6 is 11.3 Å². The Kier molecular flexibility index (Phi) is 7.63. The standard InChI is InChI=1S/C18H26N4S/c1-19-18(20-11-10-17-9-6-14-23-17)21-12-13-22(2)15-16-7-4-3-5-8-16/h3-9,14H,10-13,15H2,1-2H3,(H2,19,20,21). The quantitative estimate of drug-likeness (QED) is 0.577. The second kappa shape index (κ2) is 10.0. The Bertz CT molecular complexity index is 566. The minimum absolute atomic E-state index is 0.870. The van der Waals surface area contributed by atoms with Crippen molar-refractivity contribution in [3.63, 3.8) is 0 Å². The molecule has 2 rings (SSSR count). The van der Waals surface area contributed by atoms with Crippen molar-refractivity contribution in [3.8, 4) is 0 Å². The Morgan fingerprint density at radius 3 is 2.57 bits per heavy atom. The highest BCUT2D eigenvalue weighted by atomic mass is 32.1. The van der Waals surface area contributed by atoms with Gasteiger partial charge >= 0.3 is 0 Å². The van der Waals surface area contributed by atoms with Gasteiger partial charge in [-0.15, -0.1) is 11.3 Å². The molecule has 0 atom stereocenters. The van der Waals surface area contributed by atoms with Gasteiger partial charge in [-0.2, -0.15) is 0 Å². The summed E-state index contributed by atoms with van der Waals surface area (Å²) in [5.41, 5.74) is 1.34. The molecule has 0 aliphatic heterocycles. The van der Waals surface area contributed by atoms with Gasteiger partial charge in [0.15, 0.2) is 5.96 Å². The van der Waals surface area contributed by atoms with Crippen molar-refractivity contribution >= 4 is 17.3 Å². The maximum atomic E-state index is 4.27. The van der Waals surface area contributed by atoms with Crippen molar-refractivity contribution in [1.29, 1.82) is 0 Å². The lowest BCUT2D eigenvalue weighted by atomic mass is 10.2. The van der Waals surface area contributed by atoms with Gasteiger partial charge < -0.3 is 15.5 Å². The van der Waals surface area contributed by atoms with Gasteiger partial charge in [0.2, 0.25) is 0 Å². The summed E-state index contributed by atoms with van der Waals surface area (Å²) in [6.07, 6.45) is 1.03. The van der Waals surface area contributed by atoms with Crippen LogP contribution in [0.3, 0.4) is 0 Å². The third kappa shape index (κ3) is 6.84. The van der Waals surface area contributed by atoms with Gasteiger partial charge in [0.05, 0.1) is 0 Å². The molecule has 0 spiro atoms. The average molecular weight is 331 g/mol. The summed E-state index contributed by atoms with van der Waals surface area (Å²) in [7, 11) is 3.95. The highest BCUT2D eigenvalue weighted by Crippen LogP contribution is 2.07. The molecule has 0 aliphatic rings. The van der Waals surface area contributed by atoms with E-state index in [0.29, 0.717) is 0 Å². The molecular weight excluding hydrogens is 304 g/mol. The maximum Gasteiger partial charge on any atom is 0.191 e. The largest absolute Gasteiger partial charge is 0.356 e. The van der Waals surface area contributed by atoms with E-state index in [2.05, 4.69) is 75.4 Å². The van der Waals surface area contributed by atoms with E-state index in [9.17, 15) is 0 Å². The molecule has 0 radical (unpaired) electrons. The molecule has 124 valence electrons. The van der Waals surface area contributed by atoms with Crippen molar-refractivity contribution in [2.24, 2.45) is 4.99 Å². The fourth-order valence-corrected chi connectivity index (χ4v) is 3.03. The van der Waals surface area contributed by atoms with E-state index in [1.165, 1.54) is 10.4 Å². The lowest BCUT2D eigenvalue weighted by molar-refractivity contribution is 0.331. The number of guanidine groups is 1. The smallest absolute Gasteiger partial charge is 0.191 e. The van der Waals surface area contributed by atoms with Crippen molar-refractivity contribution < 1.29 is 0 Å². The van der Waals surface area contributed by atoms with E-state index >= 15 is 0 Å². The Morgan fingerprint density at radius 2 is 1.87 bits per heavy atom. The Labute approximate surface area is 143 Å². The van der Waals surface area contributed by atoms with Crippen LogP contribution in [0.2, 0.25) is 0 Å². The molecule has 0 amide bonds. The van der Waals surface area contributed by atoms with Crippen LogP contribution in [0.4, 0.5) is 0 Å². The molecule has 1 aromatic heterocycles. The first-order valence-corrected chi connectivity index (χ1v) is 8.85. The summed E-state index contributed by atoms with van der Waals surface area (Å²) in [6.45, 7) is 3.72. The fraction of sp³-hybridized carbons (Fsp3) is 0.389. The zero-order valence-electron chi connectivity index (χ0n) is 14.0. The minimum Gasteiger partial charge on any atom is -0.356 e. The average Bonchev–Trinajstić information content (AvgIpc) is 3.07. The van der Waals surface area contributed by atoms with Crippen molar-refractivity contribution in [2.45, 2.75) is 13.0 Å². The second-order valence-electron chi connectivity index (χ2n) is 5.48. The van der Waals surface area contributed by atoms with E-state index in [-0.39, 0.29) is 0 Å². The van der Waals surface area contributed by atoms with Crippen LogP contribution < -0.4 is 10.6 Å². The summed E-state index contributed by atoms with van der Waals surface area (Å²) in [5, 5.41) is 8.84. The number of aliphatic imine (C=N–C) groups is 1. The van der Waals surface area contributed by atoms with Gasteiger partial charge in [-0.1, -0.05) is 36.4 Å². The van der Waals surface area contributed by atoms with Crippen LogP contribution in [-0.4, -0.2) is 44.6 Å². The van der Waals surface area contributed by atoms with Crippen LogP contribution in [0.1, 0.15) is 10.4 Å². The van der Waals surface area contributed by atoms with Gasteiger partial charge in [0, 0.05) is 38.1 Å². The SMILES string of the molecule is CN=C(NCCc1cccs1)NCCN(C)Cc1ccccc1. The molecule has 0 saturated heterocycles. The molecule has 2 N–H and O–H groups in total. The lowest BCUT2D eigenvalue weighted by Gasteiger charge is -2.18. The van der Waals surface area contributed by atoms with Crippen molar-refractivity contribution in [3.05, 3.63) is 58.3 Å². The number of nitrogens with one attached hydrogen (secondary N) is 2. The predicted octanol–water partition coefficient (Wildman–Crippen LogP) is 2.59. The number of hydrogen-bond donors (Lipinski definition) is 2. The number of nitrogens with zero attached hydrogens (tertiary/aromatic N) is 2. The van der Waals surface area contributed by atoms with Crippen LogP contribution in [0.5, 0.6) is 0 Å². The predicted molar refractivity (Wildman–Crippen MR) is 100 cm³/mol. The molecule has 0 bridgehead atoms. The molecule has 5 heteroatoms. The molecule has 0 fully saturated rings. The molecule has 0 saturated carbocycles. The Balaban J connectivity index is 1.61. The molecule has 2 aromatic rings. The number of hydrogen-bond acceptors (Lipinski definition) is 3. The molecule has 23 heavy (non-hydrogen) atoms. The van der Waals surface area contributed by atoms with Crippen LogP contribution in [0.15, 0.2) is 52.8 Å². The van der Waals surface area contributed by atoms with Crippen LogP contribution in [-0.2, 0) is 13.0 Å². The van der Waals surface area contributed by atoms with Gasteiger partial charge in [0.25, 0.3) is 0 Å². The zero-order chi connectivity index (χ0) is 16.3. The highest BCUT2D eigenvalue weighted by molar-refractivity contribution is 7.09.